The summed E-state index contributed by atoms with van der Waals surface area (Å²) in [5, 5.41) is 11.2. The number of ether oxygens (including phenoxy) is 1. The summed E-state index contributed by atoms with van der Waals surface area (Å²) in [5.74, 6) is 0.222. The molecule has 0 saturated heterocycles. The van der Waals surface area contributed by atoms with Crippen LogP contribution in [-0.2, 0) is 0 Å². The molecule has 5 nitrogen and oxygen atoms in total. The molecule has 0 radical (unpaired) electrons. The molecule has 0 unspecified atom stereocenters. The van der Waals surface area contributed by atoms with E-state index < -0.39 is 4.92 Å². The van der Waals surface area contributed by atoms with Crippen LogP contribution in [0.15, 0.2) is 18.2 Å². The van der Waals surface area contributed by atoms with E-state index >= 15 is 0 Å². The van der Waals surface area contributed by atoms with Crippen molar-refractivity contribution < 1.29 is 9.66 Å². The minimum atomic E-state index is -0.469. The van der Waals surface area contributed by atoms with Crippen LogP contribution in [0, 0.1) is 10.1 Å². The van der Waals surface area contributed by atoms with Gasteiger partial charge in [0, 0.05) is 23.7 Å². The molecule has 0 fully saturated rings. The summed E-state index contributed by atoms with van der Waals surface area (Å²) < 4.78 is 5.45. The van der Waals surface area contributed by atoms with Crippen LogP contribution < -0.4 is 4.74 Å². The number of hydrogen-bond acceptors (Lipinski definition) is 4. The highest BCUT2D eigenvalue weighted by Crippen LogP contribution is 2.29. The number of nitrogens with zero attached hydrogens (tertiary/aromatic N) is 2. The van der Waals surface area contributed by atoms with E-state index in [0.717, 1.165) is 19.6 Å². The summed E-state index contributed by atoms with van der Waals surface area (Å²) in [6, 6.07) is 4.31. The van der Waals surface area contributed by atoms with Crippen LogP contribution in [0.4, 0.5) is 5.69 Å². The lowest BCUT2D eigenvalue weighted by Crippen LogP contribution is -2.28. The zero-order chi connectivity index (χ0) is 13.5. The fourth-order valence-electron chi connectivity index (χ4n) is 1.58. The van der Waals surface area contributed by atoms with Crippen molar-refractivity contribution in [1.82, 2.24) is 4.90 Å². The van der Waals surface area contributed by atoms with Crippen LogP contribution >= 0.6 is 11.6 Å². The van der Waals surface area contributed by atoms with Crippen LogP contribution in [0.3, 0.4) is 0 Å². The minimum absolute atomic E-state index is 0.0565. The number of likely N-dealkylation sites (N-methyl/N-ethyl adjacent to an activating group) is 1. The number of halogens is 1. The van der Waals surface area contributed by atoms with Gasteiger partial charge in [-0.3, -0.25) is 10.1 Å². The Kier molecular flexibility index (Phi) is 5.88. The maximum atomic E-state index is 10.8. The van der Waals surface area contributed by atoms with Crippen LogP contribution in [0.1, 0.15) is 13.8 Å². The summed E-state index contributed by atoms with van der Waals surface area (Å²) in [6.07, 6.45) is 0. The van der Waals surface area contributed by atoms with E-state index in [2.05, 4.69) is 18.7 Å². The molecule has 0 bridgehead atoms. The first-order chi connectivity index (χ1) is 8.58. The van der Waals surface area contributed by atoms with Gasteiger partial charge in [0.2, 0.25) is 0 Å². The Hall–Kier alpha value is -1.33. The second-order valence-corrected chi connectivity index (χ2v) is 4.18. The maximum absolute atomic E-state index is 10.8. The number of nitro benzene ring substituents is 1. The fraction of sp³-hybridized carbons (Fsp3) is 0.500. The second kappa shape index (κ2) is 7.18. The molecular formula is C12H17ClN2O3. The molecule has 100 valence electrons. The topological polar surface area (TPSA) is 55.6 Å². The van der Waals surface area contributed by atoms with Crippen molar-refractivity contribution in [2.45, 2.75) is 13.8 Å². The molecule has 0 aliphatic heterocycles. The molecule has 0 aliphatic carbocycles. The summed E-state index contributed by atoms with van der Waals surface area (Å²) in [6.45, 7) is 7.12. The smallest absolute Gasteiger partial charge is 0.311 e. The number of rotatable bonds is 7. The molecule has 1 rings (SSSR count). The molecule has 0 aliphatic rings. The zero-order valence-corrected chi connectivity index (χ0v) is 11.3. The summed E-state index contributed by atoms with van der Waals surface area (Å²) in [4.78, 5) is 12.5. The minimum Gasteiger partial charge on any atom is -0.485 e. The van der Waals surface area contributed by atoms with Gasteiger partial charge in [0.25, 0.3) is 0 Å². The molecule has 1 aromatic rings. The quantitative estimate of drug-likeness (QED) is 0.566. The monoisotopic (exact) mass is 272 g/mol. The molecule has 0 aromatic heterocycles. The maximum Gasteiger partial charge on any atom is 0.311 e. The third-order valence-corrected chi connectivity index (χ3v) is 2.91. The second-order valence-electron chi connectivity index (χ2n) is 3.74. The molecule has 0 N–H and O–H groups in total. The van der Waals surface area contributed by atoms with Crippen LogP contribution in [-0.4, -0.2) is 36.1 Å². The summed E-state index contributed by atoms with van der Waals surface area (Å²) >= 11 is 5.80. The predicted octanol–water partition coefficient (Wildman–Crippen LogP) is 2.97. The Bertz CT molecular complexity index is 408. The Balaban J connectivity index is 2.66. The summed E-state index contributed by atoms with van der Waals surface area (Å²) in [5.41, 5.74) is -0.0565. The van der Waals surface area contributed by atoms with Crippen molar-refractivity contribution >= 4 is 17.3 Å². The highest BCUT2D eigenvalue weighted by molar-refractivity contribution is 6.30. The van der Waals surface area contributed by atoms with Gasteiger partial charge < -0.3 is 9.64 Å². The van der Waals surface area contributed by atoms with Gasteiger partial charge in [0.05, 0.1) is 4.92 Å². The van der Waals surface area contributed by atoms with Crippen LogP contribution in [0.5, 0.6) is 5.75 Å². The van der Waals surface area contributed by atoms with Crippen LogP contribution in [0.25, 0.3) is 0 Å². The third-order valence-electron chi connectivity index (χ3n) is 2.68. The van der Waals surface area contributed by atoms with Gasteiger partial charge >= 0.3 is 5.69 Å². The molecule has 0 spiro atoms. The molecule has 1 aromatic carbocycles. The average Bonchev–Trinajstić information content (AvgIpc) is 2.34. The van der Waals surface area contributed by atoms with E-state index in [1.54, 1.807) is 0 Å². The normalized spacial score (nSPS) is 10.7. The van der Waals surface area contributed by atoms with Gasteiger partial charge in [-0.05, 0) is 19.2 Å². The Labute approximate surface area is 111 Å². The SMILES string of the molecule is CCN(CC)CCOc1cc(Cl)ccc1[N+](=O)[O-]. The summed E-state index contributed by atoms with van der Waals surface area (Å²) in [7, 11) is 0. The predicted molar refractivity (Wildman–Crippen MR) is 71.4 cm³/mol. The van der Waals surface area contributed by atoms with E-state index in [1.165, 1.54) is 18.2 Å². The Morgan fingerprint density at radius 1 is 1.39 bits per heavy atom. The lowest BCUT2D eigenvalue weighted by atomic mass is 10.3. The highest BCUT2D eigenvalue weighted by Gasteiger charge is 2.15. The first kappa shape index (κ1) is 14.7. The van der Waals surface area contributed by atoms with E-state index in [1.807, 2.05) is 0 Å². The van der Waals surface area contributed by atoms with E-state index in [9.17, 15) is 10.1 Å². The van der Waals surface area contributed by atoms with Gasteiger partial charge in [-0.25, -0.2) is 0 Å². The molecular weight excluding hydrogens is 256 g/mol. The number of hydrogen-bond donors (Lipinski definition) is 0. The van der Waals surface area contributed by atoms with Crippen molar-refractivity contribution in [3.8, 4) is 5.75 Å². The first-order valence-electron chi connectivity index (χ1n) is 5.87. The largest absolute Gasteiger partial charge is 0.485 e. The highest BCUT2D eigenvalue weighted by atomic mass is 35.5. The molecule has 0 heterocycles. The van der Waals surface area contributed by atoms with Crippen molar-refractivity contribution in [2.75, 3.05) is 26.2 Å². The Morgan fingerprint density at radius 3 is 2.61 bits per heavy atom. The third kappa shape index (κ3) is 4.16. The number of nitro groups is 1. The molecule has 18 heavy (non-hydrogen) atoms. The van der Waals surface area contributed by atoms with Crippen molar-refractivity contribution in [2.24, 2.45) is 0 Å². The van der Waals surface area contributed by atoms with E-state index in [-0.39, 0.29) is 11.4 Å². The van der Waals surface area contributed by atoms with E-state index in [0.29, 0.717) is 11.6 Å². The molecule has 0 amide bonds. The van der Waals surface area contributed by atoms with Gasteiger partial charge in [-0.15, -0.1) is 0 Å². The average molecular weight is 273 g/mol. The van der Waals surface area contributed by atoms with Gasteiger partial charge in [0.1, 0.15) is 6.61 Å². The van der Waals surface area contributed by atoms with Crippen molar-refractivity contribution in [3.63, 3.8) is 0 Å². The Morgan fingerprint density at radius 2 is 2.06 bits per heavy atom. The molecule has 0 atom stereocenters. The van der Waals surface area contributed by atoms with Crippen molar-refractivity contribution in [1.29, 1.82) is 0 Å². The number of benzene rings is 1. The standard InChI is InChI=1S/C12H17ClN2O3/c1-3-14(4-2)7-8-18-12-9-10(13)5-6-11(12)15(16)17/h5-6,9H,3-4,7-8H2,1-2H3. The molecule has 0 saturated carbocycles. The van der Waals surface area contributed by atoms with Gasteiger partial charge in [0.15, 0.2) is 5.75 Å². The first-order valence-corrected chi connectivity index (χ1v) is 6.25. The lowest BCUT2D eigenvalue weighted by molar-refractivity contribution is -0.385. The molecule has 6 heteroatoms. The van der Waals surface area contributed by atoms with Gasteiger partial charge in [-0.2, -0.15) is 0 Å². The van der Waals surface area contributed by atoms with E-state index in [4.69, 9.17) is 16.3 Å². The zero-order valence-electron chi connectivity index (χ0n) is 10.6. The van der Waals surface area contributed by atoms with Crippen LogP contribution in [0.2, 0.25) is 5.02 Å². The fourth-order valence-corrected chi connectivity index (χ4v) is 1.74. The lowest BCUT2D eigenvalue weighted by Gasteiger charge is -2.17. The van der Waals surface area contributed by atoms with Crippen molar-refractivity contribution in [3.05, 3.63) is 33.3 Å². The van der Waals surface area contributed by atoms with Gasteiger partial charge in [-0.1, -0.05) is 25.4 Å².